The number of rotatable bonds is 2. The van der Waals surface area contributed by atoms with E-state index in [4.69, 9.17) is 5.11 Å². The molecule has 0 spiro atoms. The molecule has 0 saturated carbocycles. The molecule has 1 aromatic rings. The van der Waals surface area contributed by atoms with Gasteiger partial charge in [0.15, 0.2) is 5.82 Å². The Labute approximate surface area is 92.3 Å². The number of hydrogen-bond donors (Lipinski definition) is 2. The van der Waals surface area contributed by atoms with Crippen LogP contribution in [0, 0.1) is 5.92 Å². The highest BCUT2D eigenvalue weighted by atomic mass is 16.4. The van der Waals surface area contributed by atoms with Crippen LogP contribution >= 0.6 is 0 Å². The number of carboxylic acid groups (broad SMARTS) is 1. The van der Waals surface area contributed by atoms with E-state index < -0.39 is 11.9 Å². The van der Waals surface area contributed by atoms with Gasteiger partial charge in [0.25, 0.3) is 5.91 Å². The van der Waals surface area contributed by atoms with Crippen LogP contribution in [-0.4, -0.2) is 44.9 Å². The lowest BCUT2D eigenvalue weighted by atomic mass is 9.98. The van der Waals surface area contributed by atoms with E-state index in [0.717, 1.165) is 6.42 Å². The van der Waals surface area contributed by atoms with Crippen LogP contribution in [0.4, 0.5) is 0 Å². The fraction of sp³-hybridized carbons (Fsp3) is 0.500. The van der Waals surface area contributed by atoms with Gasteiger partial charge in [-0.05, 0) is 12.8 Å². The second kappa shape index (κ2) is 4.34. The molecule has 1 aliphatic heterocycles. The second-order valence-electron chi connectivity index (χ2n) is 3.87. The quantitative estimate of drug-likeness (QED) is 0.757. The zero-order valence-electron chi connectivity index (χ0n) is 8.72. The summed E-state index contributed by atoms with van der Waals surface area (Å²) in [6.07, 6.45) is 4.44. The van der Waals surface area contributed by atoms with Crippen molar-refractivity contribution in [1.29, 1.82) is 0 Å². The van der Waals surface area contributed by atoms with Crippen LogP contribution in [0.3, 0.4) is 0 Å². The Morgan fingerprint density at radius 1 is 1.56 bits per heavy atom. The number of imidazole rings is 1. The maximum Gasteiger partial charge on any atom is 0.308 e. The molecule has 16 heavy (non-hydrogen) atoms. The van der Waals surface area contributed by atoms with Crippen LogP contribution in [-0.2, 0) is 4.79 Å². The summed E-state index contributed by atoms with van der Waals surface area (Å²) in [5, 5.41) is 8.91. The molecule has 0 bridgehead atoms. The standard InChI is InChI=1S/C10H13N3O3/c14-9(8-11-3-4-12-8)13-5-1-2-7(6-13)10(15)16/h3-4,7H,1-2,5-6H2,(H,11,12)(H,15,16). The minimum Gasteiger partial charge on any atom is -0.481 e. The van der Waals surface area contributed by atoms with Gasteiger partial charge in [0.1, 0.15) is 0 Å². The van der Waals surface area contributed by atoms with E-state index in [0.29, 0.717) is 13.0 Å². The summed E-state index contributed by atoms with van der Waals surface area (Å²) in [6.45, 7) is 0.873. The molecule has 2 N–H and O–H groups in total. The van der Waals surface area contributed by atoms with E-state index in [1.165, 1.54) is 6.20 Å². The second-order valence-corrected chi connectivity index (χ2v) is 3.87. The number of likely N-dealkylation sites (tertiary alicyclic amines) is 1. The van der Waals surface area contributed by atoms with Gasteiger partial charge in [-0.1, -0.05) is 0 Å². The summed E-state index contributed by atoms with van der Waals surface area (Å²) in [5.41, 5.74) is 0. The van der Waals surface area contributed by atoms with E-state index in [1.54, 1.807) is 11.1 Å². The van der Waals surface area contributed by atoms with Gasteiger partial charge in [-0.15, -0.1) is 0 Å². The first-order valence-corrected chi connectivity index (χ1v) is 5.20. The Balaban J connectivity index is 2.05. The van der Waals surface area contributed by atoms with Crippen LogP contribution in [0.2, 0.25) is 0 Å². The predicted octanol–water partition coefficient (Wildman–Crippen LogP) is 0.347. The third-order valence-corrected chi connectivity index (χ3v) is 2.76. The molecular formula is C10H13N3O3. The smallest absolute Gasteiger partial charge is 0.308 e. The Morgan fingerprint density at radius 2 is 2.38 bits per heavy atom. The van der Waals surface area contributed by atoms with Gasteiger partial charge in [-0.2, -0.15) is 0 Å². The minimum atomic E-state index is -0.836. The van der Waals surface area contributed by atoms with Crippen molar-refractivity contribution >= 4 is 11.9 Å². The predicted molar refractivity (Wildman–Crippen MR) is 54.9 cm³/mol. The summed E-state index contributed by atoms with van der Waals surface area (Å²) in [7, 11) is 0. The average molecular weight is 223 g/mol. The minimum absolute atomic E-state index is 0.226. The zero-order chi connectivity index (χ0) is 11.5. The zero-order valence-corrected chi connectivity index (χ0v) is 8.72. The van der Waals surface area contributed by atoms with Crippen molar-refractivity contribution in [1.82, 2.24) is 14.9 Å². The van der Waals surface area contributed by atoms with E-state index >= 15 is 0 Å². The number of amides is 1. The number of aliphatic carboxylic acids is 1. The van der Waals surface area contributed by atoms with Crippen LogP contribution in [0.1, 0.15) is 23.5 Å². The number of carboxylic acids is 1. The van der Waals surface area contributed by atoms with Crippen LogP contribution < -0.4 is 0 Å². The number of aromatic amines is 1. The van der Waals surface area contributed by atoms with Crippen molar-refractivity contribution in [3.8, 4) is 0 Å². The first kappa shape index (κ1) is 10.7. The molecule has 1 aliphatic rings. The van der Waals surface area contributed by atoms with Crippen LogP contribution in [0.25, 0.3) is 0 Å². The number of carbonyl (C=O) groups is 2. The number of hydrogen-bond acceptors (Lipinski definition) is 3. The van der Waals surface area contributed by atoms with Crippen molar-refractivity contribution in [2.24, 2.45) is 5.92 Å². The molecule has 1 saturated heterocycles. The molecule has 2 heterocycles. The molecule has 1 atom stereocenters. The van der Waals surface area contributed by atoms with Crippen molar-refractivity contribution < 1.29 is 14.7 Å². The van der Waals surface area contributed by atoms with E-state index in [1.807, 2.05) is 0 Å². The highest BCUT2D eigenvalue weighted by molar-refractivity contribution is 5.90. The lowest BCUT2D eigenvalue weighted by Crippen LogP contribution is -2.42. The number of carbonyl (C=O) groups excluding carboxylic acids is 1. The van der Waals surface area contributed by atoms with Crippen molar-refractivity contribution in [2.75, 3.05) is 13.1 Å². The molecule has 0 aliphatic carbocycles. The average Bonchev–Trinajstić information content (AvgIpc) is 2.81. The van der Waals surface area contributed by atoms with Gasteiger partial charge in [0, 0.05) is 25.5 Å². The van der Waals surface area contributed by atoms with Crippen LogP contribution in [0.15, 0.2) is 12.4 Å². The van der Waals surface area contributed by atoms with Crippen molar-refractivity contribution in [3.63, 3.8) is 0 Å². The highest BCUT2D eigenvalue weighted by Gasteiger charge is 2.29. The Hall–Kier alpha value is -1.85. The van der Waals surface area contributed by atoms with Gasteiger partial charge in [-0.3, -0.25) is 9.59 Å². The number of H-pyrrole nitrogens is 1. The Morgan fingerprint density at radius 3 is 3.00 bits per heavy atom. The van der Waals surface area contributed by atoms with Gasteiger partial charge >= 0.3 is 5.97 Å². The molecule has 6 nitrogen and oxygen atoms in total. The molecule has 0 radical (unpaired) electrons. The van der Waals surface area contributed by atoms with Crippen molar-refractivity contribution in [2.45, 2.75) is 12.8 Å². The van der Waals surface area contributed by atoms with E-state index in [2.05, 4.69) is 9.97 Å². The van der Waals surface area contributed by atoms with Crippen molar-refractivity contribution in [3.05, 3.63) is 18.2 Å². The monoisotopic (exact) mass is 223 g/mol. The maximum atomic E-state index is 11.9. The molecule has 1 amide bonds. The SMILES string of the molecule is O=C(O)C1CCCN(C(=O)c2ncc[nH]2)C1. The lowest BCUT2D eigenvalue weighted by molar-refractivity contribution is -0.143. The molecule has 1 unspecified atom stereocenters. The fourth-order valence-corrected chi connectivity index (χ4v) is 1.90. The largest absolute Gasteiger partial charge is 0.481 e. The molecule has 0 aromatic carbocycles. The molecule has 86 valence electrons. The van der Waals surface area contributed by atoms with Gasteiger partial charge in [0.05, 0.1) is 5.92 Å². The first-order valence-electron chi connectivity index (χ1n) is 5.20. The fourth-order valence-electron chi connectivity index (χ4n) is 1.90. The Kier molecular flexibility index (Phi) is 2.89. The topological polar surface area (TPSA) is 86.3 Å². The van der Waals surface area contributed by atoms with Gasteiger partial charge in [-0.25, -0.2) is 4.98 Å². The summed E-state index contributed by atoms with van der Waals surface area (Å²) < 4.78 is 0. The third kappa shape index (κ3) is 2.05. The molecule has 1 aromatic heterocycles. The van der Waals surface area contributed by atoms with Crippen LogP contribution in [0.5, 0.6) is 0 Å². The lowest BCUT2D eigenvalue weighted by Gasteiger charge is -2.29. The molecular weight excluding hydrogens is 210 g/mol. The molecule has 2 rings (SSSR count). The van der Waals surface area contributed by atoms with Gasteiger partial charge < -0.3 is 15.0 Å². The number of piperidine rings is 1. The highest BCUT2D eigenvalue weighted by Crippen LogP contribution is 2.17. The summed E-state index contributed by atoms with van der Waals surface area (Å²) in [5.74, 6) is -1.24. The van der Waals surface area contributed by atoms with E-state index in [-0.39, 0.29) is 18.3 Å². The molecule has 1 fully saturated rings. The molecule has 6 heteroatoms. The summed E-state index contributed by atoms with van der Waals surface area (Å²) in [6, 6.07) is 0. The maximum absolute atomic E-state index is 11.9. The summed E-state index contributed by atoms with van der Waals surface area (Å²) in [4.78, 5) is 30.9. The summed E-state index contributed by atoms with van der Waals surface area (Å²) >= 11 is 0. The number of nitrogens with one attached hydrogen (secondary N) is 1. The van der Waals surface area contributed by atoms with Gasteiger partial charge in [0.2, 0.25) is 0 Å². The number of aromatic nitrogens is 2. The third-order valence-electron chi connectivity index (χ3n) is 2.76. The van der Waals surface area contributed by atoms with E-state index in [9.17, 15) is 9.59 Å². The Bertz CT molecular complexity index is 388. The number of nitrogens with zero attached hydrogens (tertiary/aromatic N) is 2. The normalized spacial score (nSPS) is 20.8. The first-order chi connectivity index (χ1) is 7.68.